The van der Waals surface area contributed by atoms with Crippen molar-refractivity contribution < 1.29 is 9.72 Å². The highest BCUT2D eigenvalue weighted by molar-refractivity contribution is 5.94. The van der Waals surface area contributed by atoms with Gasteiger partial charge in [-0.05, 0) is 36.0 Å². The van der Waals surface area contributed by atoms with Gasteiger partial charge in [-0.3, -0.25) is 19.8 Å². The fourth-order valence-electron chi connectivity index (χ4n) is 4.17. The summed E-state index contributed by atoms with van der Waals surface area (Å²) < 4.78 is 0. The van der Waals surface area contributed by atoms with Crippen molar-refractivity contribution in [1.82, 2.24) is 9.80 Å². The molecular formula is C21H22N3O3. The maximum absolute atomic E-state index is 12.8. The third-order valence-electron chi connectivity index (χ3n) is 5.30. The Hall–Kier alpha value is -2.73. The molecule has 0 N–H and O–H groups in total. The van der Waals surface area contributed by atoms with Gasteiger partial charge in [0.15, 0.2) is 0 Å². The Morgan fingerprint density at radius 1 is 0.963 bits per heavy atom. The molecule has 4 rings (SSSR count). The van der Waals surface area contributed by atoms with E-state index in [1.165, 1.54) is 17.7 Å². The number of nitro benzene ring substituents is 1. The Morgan fingerprint density at radius 2 is 1.59 bits per heavy atom. The van der Waals surface area contributed by atoms with E-state index in [0.29, 0.717) is 30.5 Å². The fourth-order valence-corrected chi connectivity index (χ4v) is 4.17. The molecule has 2 fully saturated rings. The van der Waals surface area contributed by atoms with Crippen molar-refractivity contribution in [3.8, 4) is 0 Å². The predicted molar refractivity (Wildman–Crippen MR) is 102 cm³/mol. The summed E-state index contributed by atoms with van der Waals surface area (Å²) in [5.41, 5.74) is 1.84. The summed E-state index contributed by atoms with van der Waals surface area (Å²) in [6.45, 7) is 4.26. The lowest BCUT2D eigenvalue weighted by Crippen LogP contribution is -2.54. The van der Waals surface area contributed by atoms with Crippen LogP contribution in [-0.4, -0.2) is 46.8 Å². The average molecular weight is 364 g/mol. The van der Waals surface area contributed by atoms with Gasteiger partial charge in [0.2, 0.25) is 0 Å². The highest BCUT2D eigenvalue weighted by Gasteiger charge is 2.36. The van der Waals surface area contributed by atoms with E-state index < -0.39 is 4.92 Å². The standard InChI is InChI=1S/C21H22N3O3/c25-21(19-6-8-20(9-7-19)24(26)27)23-14-17-10-18(15-23)13-22(12-17)11-16-4-2-1-3-5-16/h1-10,17-18H,11-15H2. The lowest BCUT2D eigenvalue weighted by Gasteiger charge is -2.45. The van der Waals surface area contributed by atoms with Crippen LogP contribution in [-0.2, 0) is 6.54 Å². The van der Waals surface area contributed by atoms with Crippen molar-refractivity contribution >= 4 is 11.6 Å². The molecule has 1 radical (unpaired) electrons. The second kappa shape index (κ2) is 7.48. The van der Waals surface area contributed by atoms with Crippen LogP contribution in [0.3, 0.4) is 0 Å². The predicted octanol–water partition coefficient (Wildman–Crippen LogP) is 3.00. The third kappa shape index (κ3) is 4.01. The fraction of sp³-hybridized carbons (Fsp3) is 0.333. The van der Waals surface area contributed by atoms with E-state index in [1.807, 2.05) is 11.0 Å². The van der Waals surface area contributed by atoms with Gasteiger partial charge in [-0.2, -0.15) is 0 Å². The van der Waals surface area contributed by atoms with Gasteiger partial charge >= 0.3 is 0 Å². The number of nitrogens with zero attached hydrogens (tertiary/aromatic N) is 3. The molecule has 2 aromatic carbocycles. The lowest BCUT2D eigenvalue weighted by molar-refractivity contribution is -0.384. The molecule has 1 amide bonds. The summed E-state index contributed by atoms with van der Waals surface area (Å²) in [6, 6.07) is 16.4. The minimum Gasteiger partial charge on any atom is -0.338 e. The van der Waals surface area contributed by atoms with Crippen LogP contribution >= 0.6 is 0 Å². The number of carbonyl (C=O) groups excluding carboxylic acids is 1. The van der Waals surface area contributed by atoms with Crippen molar-refractivity contribution in [2.24, 2.45) is 11.8 Å². The second-order valence-electron chi connectivity index (χ2n) is 7.41. The topological polar surface area (TPSA) is 66.7 Å². The largest absolute Gasteiger partial charge is 0.338 e. The van der Waals surface area contributed by atoms with Crippen molar-refractivity contribution in [2.75, 3.05) is 26.2 Å². The molecule has 0 saturated carbocycles. The number of non-ortho nitro benzene ring substituents is 1. The molecule has 2 saturated heterocycles. The monoisotopic (exact) mass is 364 g/mol. The summed E-state index contributed by atoms with van der Waals surface area (Å²) >= 11 is 0. The number of piperidine rings is 2. The molecule has 139 valence electrons. The van der Waals surface area contributed by atoms with Crippen LogP contribution in [0.2, 0.25) is 0 Å². The number of fused-ring (bicyclic) bond motifs is 2. The lowest BCUT2D eigenvalue weighted by atomic mass is 9.84. The number of amides is 1. The number of rotatable bonds is 4. The first-order valence-electron chi connectivity index (χ1n) is 9.23. The van der Waals surface area contributed by atoms with Gasteiger partial charge in [-0.25, -0.2) is 0 Å². The SMILES string of the molecule is O=C(c1ccc([N+](=O)[O-])cc1)N1CC2[CH]C(CN(Cc3ccccc3)C2)C1. The van der Waals surface area contributed by atoms with E-state index in [2.05, 4.69) is 35.6 Å². The van der Waals surface area contributed by atoms with Crippen LogP contribution < -0.4 is 0 Å². The number of carbonyl (C=O) groups is 1. The van der Waals surface area contributed by atoms with Gasteiger partial charge in [0.1, 0.15) is 0 Å². The average Bonchev–Trinajstić information content (AvgIpc) is 2.67. The van der Waals surface area contributed by atoms with E-state index in [0.717, 1.165) is 19.6 Å². The van der Waals surface area contributed by atoms with Crippen LogP contribution in [0.5, 0.6) is 0 Å². The summed E-state index contributed by atoms with van der Waals surface area (Å²) in [7, 11) is 0. The minimum absolute atomic E-state index is 0.00644. The Morgan fingerprint density at radius 3 is 2.19 bits per heavy atom. The quantitative estimate of drug-likeness (QED) is 0.618. The molecule has 0 aromatic heterocycles. The summed E-state index contributed by atoms with van der Waals surface area (Å²) in [4.78, 5) is 27.5. The van der Waals surface area contributed by atoms with Crippen LogP contribution in [0.25, 0.3) is 0 Å². The molecule has 6 nitrogen and oxygen atoms in total. The van der Waals surface area contributed by atoms with Crippen molar-refractivity contribution in [3.05, 3.63) is 82.3 Å². The van der Waals surface area contributed by atoms with E-state index in [-0.39, 0.29) is 11.6 Å². The van der Waals surface area contributed by atoms with Gasteiger partial charge in [-0.15, -0.1) is 0 Å². The Bertz CT molecular complexity index is 808. The molecule has 2 aliphatic heterocycles. The van der Waals surface area contributed by atoms with Crippen LogP contribution in [0.1, 0.15) is 15.9 Å². The summed E-state index contributed by atoms with van der Waals surface area (Å²) in [6.07, 6.45) is 2.39. The summed E-state index contributed by atoms with van der Waals surface area (Å²) in [5.74, 6) is 0.691. The van der Waals surface area contributed by atoms with Crippen molar-refractivity contribution in [3.63, 3.8) is 0 Å². The first kappa shape index (κ1) is 17.7. The van der Waals surface area contributed by atoms with Crippen LogP contribution in [0.4, 0.5) is 5.69 Å². The van der Waals surface area contributed by atoms with E-state index in [4.69, 9.17) is 0 Å². The first-order valence-corrected chi connectivity index (χ1v) is 9.23. The van der Waals surface area contributed by atoms with Gasteiger partial charge < -0.3 is 4.90 Å². The zero-order chi connectivity index (χ0) is 18.8. The molecule has 2 bridgehead atoms. The molecule has 2 heterocycles. The molecule has 2 unspecified atom stereocenters. The highest BCUT2D eigenvalue weighted by atomic mass is 16.6. The first-order chi connectivity index (χ1) is 13.1. The number of hydrogen-bond acceptors (Lipinski definition) is 4. The second-order valence-corrected chi connectivity index (χ2v) is 7.41. The maximum Gasteiger partial charge on any atom is 0.269 e. The molecule has 2 aliphatic rings. The molecule has 0 spiro atoms. The highest BCUT2D eigenvalue weighted by Crippen LogP contribution is 2.29. The maximum atomic E-state index is 12.8. The molecule has 6 heteroatoms. The summed E-state index contributed by atoms with van der Waals surface area (Å²) in [5, 5.41) is 10.8. The Kier molecular flexibility index (Phi) is 4.90. The Labute approximate surface area is 158 Å². The van der Waals surface area contributed by atoms with E-state index in [1.54, 1.807) is 12.1 Å². The number of likely N-dealkylation sites (tertiary alicyclic amines) is 2. The molecule has 0 aliphatic carbocycles. The molecule has 2 aromatic rings. The third-order valence-corrected chi connectivity index (χ3v) is 5.30. The molecular weight excluding hydrogens is 342 g/mol. The number of nitro groups is 1. The van der Waals surface area contributed by atoms with E-state index >= 15 is 0 Å². The molecule has 27 heavy (non-hydrogen) atoms. The minimum atomic E-state index is -0.449. The normalized spacial score (nSPS) is 22.4. The van der Waals surface area contributed by atoms with E-state index in [9.17, 15) is 14.9 Å². The van der Waals surface area contributed by atoms with Crippen molar-refractivity contribution in [1.29, 1.82) is 0 Å². The zero-order valence-corrected chi connectivity index (χ0v) is 15.0. The van der Waals surface area contributed by atoms with Crippen LogP contribution in [0, 0.1) is 28.4 Å². The molecule has 2 atom stereocenters. The van der Waals surface area contributed by atoms with Gasteiger partial charge in [0, 0.05) is 50.4 Å². The van der Waals surface area contributed by atoms with Crippen molar-refractivity contribution in [2.45, 2.75) is 6.54 Å². The number of benzene rings is 2. The Balaban J connectivity index is 1.39. The smallest absolute Gasteiger partial charge is 0.269 e. The van der Waals surface area contributed by atoms with Gasteiger partial charge in [-0.1, -0.05) is 30.3 Å². The van der Waals surface area contributed by atoms with Gasteiger partial charge in [0.25, 0.3) is 11.6 Å². The van der Waals surface area contributed by atoms with Crippen LogP contribution in [0.15, 0.2) is 54.6 Å². The number of hydrogen-bond donors (Lipinski definition) is 0. The van der Waals surface area contributed by atoms with Gasteiger partial charge in [0.05, 0.1) is 4.92 Å². The zero-order valence-electron chi connectivity index (χ0n) is 15.0.